The molecule has 9 heteroatoms. The summed E-state index contributed by atoms with van der Waals surface area (Å²) in [5.74, 6) is -6.20. The zero-order valence-corrected chi connectivity index (χ0v) is 5.49. The Hall–Kier alpha value is -1.28. The Balaban J connectivity index is 4.40. The van der Waals surface area contributed by atoms with Crippen molar-refractivity contribution >= 4 is 11.8 Å². The summed E-state index contributed by atoms with van der Waals surface area (Å²) in [6, 6.07) is 0. The van der Waals surface area contributed by atoms with Crippen LogP contribution in [0.2, 0.25) is 0 Å². The van der Waals surface area contributed by atoms with E-state index in [1.165, 1.54) is 0 Å². The molecule has 0 aromatic rings. The lowest BCUT2D eigenvalue weighted by Gasteiger charge is -2.07. The smallest absolute Gasteiger partial charge is 0.367 e. The zero-order valence-electron chi connectivity index (χ0n) is 5.49. The van der Waals surface area contributed by atoms with Crippen molar-refractivity contribution in [3.05, 3.63) is 0 Å². The summed E-state index contributed by atoms with van der Waals surface area (Å²) in [5.41, 5.74) is 0. The summed E-state index contributed by atoms with van der Waals surface area (Å²) in [5, 5.41) is 0. The SMILES string of the molecule is O=C(OC(F)(F)F)C(=O)C(F)(F)F. The number of carbonyl (C=O) groups is 2. The lowest BCUT2D eigenvalue weighted by Crippen LogP contribution is -2.35. The van der Waals surface area contributed by atoms with E-state index in [0.717, 1.165) is 0 Å². The lowest BCUT2D eigenvalue weighted by atomic mass is 10.4. The Morgan fingerprint density at radius 1 is 0.923 bits per heavy atom. The molecule has 0 unspecified atom stereocenters. The molecule has 0 saturated carbocycles. The summed E-state index contributed by atoms with van der Waals surface area (Å²) in [7, 11) is 0. The van der Waals surface area contributed by atoms with Crippen molar-refractivity contribution in [1.29, 1.82) is 0 Å². The second-order valence-corrected chi connectivity index (χ2v) is 1.66. The maximum absolute atomic E-state index is 11.3. The number of alkyl halides is 6. The van der Waals surface area contributed by atoms with Crippen molar-refractivity contribution in [2.24, 2.45) is 0 Å². The molecule has 0 aromatic heterocycles. The molecule has 0 aliphatic heterocycles. The van der Waals surface area contributed by atoms with Crippen LogP contribution in [0.4, 0.5) is 26.3 Å². The number of Topliss-reactive ketones (excluding diaryl/α,β-unsaturated/α-hetero) is 1. The summed E-state index contributed by atoms with van der Waals surface area (Å²) in [6.07, 6.45) is -11.3. The van der Waals surface area contributed by atoms with Crippen molar-refractivity contribution in [3.63, 3.8) is 0 Å². The van der Waals surface area contributed by atoms with Crippen molar-refractivity contribution in [1.82, 2.24) is 0 Å². The van der Waals surface area contributed by atoms with E-state index in [9.17, 15) is 35.9 Å². The van der Waals surface area contributed by atoms with Gasteiger partial charge in [0.15, 0.2) is 0 Å². The van der Waals surface area contributed by atoms with Gasteiger partial charge in [-0.15, -0.1) is 13.2 Å². The Bertz CT molecular complexity index is 225. The molecule has 0 radical (unpaired) electrons. The minimum absolute atomic E-state index is 2.22. The largest absolute Gasteiger partial charge is 0.575 e. The molecule has 0 bridgehead atoms. The first-order valence-corrected chi connectivity index (χ1v) is 2.45. The van der Waals surface area contributed by atoms with Crippen LogP contribution in [-0.4, -0.2) is 24.3 Å². The van der Waals surface area contributed by atoms with Crippen LogP contribution < -0.4 is 0 Å². The van der Waals surface area contributed by atoms with Crippen LogP contribution in [0.25, 0.3) is 0 Å². The monoisotopic (exact) mass is 210 g/mol. The van der Waals surface area contributed by atoms with E-state index in [-0.39, 0.29) is 0 Å². The fourth-order valence-corrected chi connectivity index (χ4v) is 0.267. The molecule has 0 atom stereocenters. The van der Waals surface area contributed by atoms with Crippen LogP contribution in [0.5, 0.6) is 0 Å². The predicted octanol–water partition coefficient (Wildman–Crippen LogP) is 1.18. The number of ether oxygens (including phenoxy) is 1. The Kier molecular flexibility index (Phi) is 2.91. The van der Waals surface area contributed by atoms with Crippen molar-refractivity contribution in [2.75, 3.05) is 0 Å². The first-order valence-electron chi connectivity index (χ1n) is 2.45. The first kappa shape index (κ1) is 11.7. The molecule has 0 spiro atoms. The molecular formula is C4F6O3. The third-order valence-electron chi connectivity index (χ3n) is 0.651. The average molecular weight is 210 g/mol. The van der Waals surface area contributed by atoms with E-state index >= 15 is 0 Å². The molecule has 0 N–H and O–H groups in total. The van der Waals surface area contributed by atoms with Crippen molar-refractivity contribution in [2.45, 2.75) is 12.5 Å². The molecule has 3 nitrogen and oxygen atoms in total. The van der Waals surface area contributed by atoms with Gasteiger partial charge in [-0.25, -0.2) is 4.79 Å². The highest BCUT2D eigenvalue weighted by atomic mass is 19.4. The van der Waals surface area contributed by atoms with Gasteiger partial charge in [0.25, 0.3) is 0 Å². The second-order valence-electron chi connectivity index (χ2n) is 1.66. The molecule has 0 rings (SSSR count). The third kappa shape index (κ3) is 4.33. The van der Waals surface area contributed by atoms with Gasteiger partial charge in [0.05, 0.1) is 0 Å². The minimum Gasteiger partial charge on any atom is -0.367 e. The fraction of sp³-hybridized carbons (Fsp3) is 0.500. The molecular weight excluding hydrogens is 210 g/mol. The number of hydrogen-bond acceptors (Lipinski definition) is 3. The maximum atomic E-state index is 11.3. The van der Waals surface area contributed by atoms with Gasteiger partial charge in [-0.2, -0.15) is 13.2 Å². The van der Waals surface area contributed by atoms with E-state index < -0.39 is 24.3 Å². The quantitative estimate of drug-likeness (QED) is 0.370. The van der Waals surface area contributed by atoms with Crippen molar-refractivity contribution < 1.29 is 40.7 Å². The van der Waals surface area contributed by atoms with Crippen LogP contribution in [0.15, 0.2) is 0 Å². The molecule has 0 aromatic carbocycles. The zero-order chi connectivity index (χ0) is 10.9. The average Bonchev–Trinajstić information content (AvgIpc) is 1.79. The first-order chi connectivity index (χ1) is 5.54. The summed E-state index contributed by atoms with van der Waals surface area (Å²) < 4.78 is 69.3. The summed E-state index contributed by atoms with van der Waals surface area (Å²) in [6.45, 7) is 0. The second kappa shape index (κ2) is 3.23. The van der Waals surface area contributed by atoms with E-state index in [1.807, 2.05) is 0 Å². The molecule has 0 aliphatic carbocycles. The van der Waals surface area contributed by atoms with Crippen LogP contribution in [0.3, 0.4) is 0 Å². The molecule has 0 fully saturated rings. The number of ketones is 1. The molecule has 76 valence electrons. The Morgan fingerprint density at radius 2 is 1.31 bits per heavy atom. The lowest BCUT2D eigenvalue weighted by molar-refractivity contribution is -0.305. The fourth-order valence-electron chi connectivity index (χ4n) is 0.267. The highest BCUT2D eigenvalue weighted by Gasteiger charge is 2.48. The van der Waals surface area contributed by atoms with Gasteiger partial charge in [0.2, 0.25) is 0 Å². The third-order valence-corrected chi connectivity index (χ3v) is 0.651. The molecule has 0 aliphatic rings. The van der Waals surface area contributed by atoms with Crippen LogP contribution >= 0.6 is 0 Å². The van der Waals surface area contributed by atoms with Gasteiger partial charge in [-0.3, -0.25) is 4.79 Å². The number of hydrogen-bond donors (Lipinski definition) is 0. The van der Waals surface area contributed by atoms with Crippen LogP contribution in [-0.2, 0) is 14.3 Å². The van der Waals surface area contributed by atoms with Gasteiger partial charge in [0.1, 0.15) is 0 Å². The van der Waals surface area contributed by atoms with Crippen molar-refractivity contribution in [3.8, 4) is 0 Å². The molecule has 0 heterocycles. The van der Waals surface area contributed by atoms with Gasteiger partial charge in [-0.1, -0.05) is 0 Å². The van der Waals surface area contributed by atoms with Gasteiger partial charge in [0, 0.05) is 0 Å². The van der Waals surface area contributed by atoms with E-state index in [1.54, 1.807) is 0 Å². The normalized spacial score (nSPS) is 12.5. The number of carbonyl (C=O) groups excluding carboxylic acids is 2. The van der Waals surface area contributed by atoms with E-state index in [0.29, 0.717) is 0 Å². The summed E-state index contributed by atoms with van der Waals surface area (Å²) >= 11 is 0. The molecule has 0 amide bonds. The topological polar surface area (TPSA) is 43.4 Å². The summed E-state index contributed by atoms with van der Waals surface area (Å²) in [4.78, 5) is 19.5. The van der Waals surface area contributed by atoms with E-state index in [4.69, 9.17) is 0 Å². The van der Waals surface area contributed by atoms with Crippen LogP contribution in [0.1, 0.15) is 0 Å². The Labute approximate surface area is 66.3 Å². The number of halogens is 6. The van der Waals surface area contributed by atoms with Gasteiger partial charge < -0.3 is 4.74 Å². The standard InChI is InChI=1S/C4F6O3/c5-3(6,7)1(11)2(12)13-4(8,9)10. The number of rotatable bonds is 1. The predicted molar refractivity (Wildman–Crippen MR) is 23.2 cm³/mol. The van der Waals surface area contributed by atoms with Crippen LogP contribution in [0, 0.1) is 0 Å². The highest BCUT2D eigenvalue weighted by molar-refractivity contribution is 6.35. The van der Waals surface area contributed by atoms with Gasteiger partial charge in [-0.05, 0) is 0 Å². The van der Waals surface area contributed by atoms with Gasteiger partial charge >= 0.3 is 24.3 Å². The minimum atomic E-state index is -5.66. The Morgan fingerprint density at radius 3 is 1.54 bits per heavy atom. The molecule has 0 saturated heterocycles. The highest BCUT2D eigenvalue weighted by Crippen LogP contribution is 2.21. The molecule has 13 heavy (non-hydrogen) atoms. The number of esters is 1. The maximum Gasteiger partial charge on any atom is 0.575 e. The van der Waals surface area contributed by atoms with E-state index in [2.05, 4.69) is 4.74 Å².